The van der Waals surface area contributed by atoms with Gasteiger partial charge in [0.1, 0.15) is 0 Å². The SMILES string of the molecule is CCNCC(=CC1CCC(C)O1)C1CCCCC1. The average Bonchev–Trinajstić information content (AvgIpc) is 2.81. The Bertz CT molecular complexity index is 268. The molecule has 2 aliphatic rings. The first-order chi connectivity index (χ1) is 8.79. The number of likely N-dealkylation sites (N-methyl/N-ethyl adjacent to an activating group) is 1. The highest BCUT2D eigenvalue weighted by molar-refractivity contribution is 5.13. The maximum Gasteiger partial charge on any atom is 0.0763 e. The van der Waals surface area contributed by atoms with Gasteiger partial charge in [0.2, 0.25) is 0 Å². The third-order valence-electron chi connectivity index (χ3n) is 4.37. The lowest BCUT2D eigenvalue weighted by molar-refractivity contribution is 0.0823. The largest absolute Gasteiger partial charge is 0.371 e. The standard InChI is InChI=1S/C16H29NO/c1-3-17-12-15(14-7-5-4-6-8-14)11-16-10-9-13(2)18-16/h11,13-14,16-17H,3-10,12H2,1-2H3. The van der Waals surface area contributed by atoms with E-state index >= 15 is 0 Å². The van der Waals surface area contributed by atoms with E-state index in [1.807, 2.05) is 0 Å². The molecule has 2 heteroatoms. The summed E-state index contributed by atoms with van der Waals surface area (Å²) in [4.78, 5) is 0. The van der Waals surface area contributed by atoms with Gasteiger partial charge >= 0.3 is 0 Å². The molecule has 1 heterocycles. The molecule has 0 amide bonds. The molecule has 1 aliphatic carbocycles. The van der Waals surface area contributed by atoms with E-state index in [9.17, 15) is 0 Å². The van der Waals surface area contributed by atoms with E-state index in [1.54, 1.807) is 5.57 Å². The van der Waals surface area contributed by atoms with Crippen LogP contribution in [0.2, 0.25) is 0 Å². The molecule has 0 aromatic heterocycles. The first kappa shape index (κ1) is 14.1. The quantitative estimate of drug-likeness (QED) is 0.753. The minimum absolute atomic E-state index is 0.385. The topological polar surface area (TPSA) is 21.3 Å². The van der Waals surface area contributed by atoms with Gasteiger partial charge in [0.15, 0.2) is 0 Å². The molecular weight excluding hydrogens is 222 g/mol. The van der Waals surface area contributed by atoms with E-state index in [4.69, 9.17) is 4.74 Å². The van der Waals surface area contributed by atoms with Crippen LogP contribution in [0.15, 0.2) is 11.6 Å². The third kappa shape index (κ3) is 4.10. The second-order valence-corrected chi connectivity index (χ2v) is 5.92. The van der Waals surface area contributed by atoms with Gasteiger partial charge < -0.3 is 10.1 Å². The van der Waals surface area contributed by atoms with Crippen LogP contribution in [0.4, 0.5) is 0 Å². The van der Waals surface area contributed by atoms with E-state index in [-0.39, 0.29) is 0 Å². The van der Waals surface area contributed by atoms with Gasteiger partial charge in [-0.05, 0) is 45.1 Å². The first-order valence-corrected chi connectivity index (χ1v) is 7.86. The first-order valence-electron chi connectivity index (χ1n) is 7.86. The van der Waals surface area contributed by atoms with Crippen molar-refractivity contribution in [2.24, 2.45) is 5.92 Å². The molecule has 0 bridgehead atoms. The van der Waals surface area contributed by atoms with E-state index in [0.29, 0.717) is 12.2 Å². The summed E-state index contributed by atoms with van der Waals surface area (Å²) in [6, 6.07) is 0. The summed E-state index contributed by atoms with van der Waals surface area (Å²) in [5.74, 6) is 0.817. The van der Waals surface area contributed by atoms with Crippen LogP contribution >= 0.6 is 0 Å². The van der Waals surface area contributed by atoms with Crippen molar-refractivity contribution in [3.63, 3.8) is 0 Å². The zero-order valence-corrected chi connectivity index (χ0v) is 12.1. The van der Waals surface area contributed by atoms with Gasteiger partial charge in [-0.15, -0.1) is 0 Å². The Balaban J connectivity index is 1.96. The predicted molar refractivity (Wildman–Crippen MR) is 76.8 cm³/mol. The molecule has 1 aliphatic heterocycles. The molecule has 0 aromatic carbocycles. The fourth-order valence-electron chi connectivity index (χ4n) is 3.28. The van der Waals surface area contributed by atoms with Crippen LogP contribution in [0.25, 0.3) is 0 Å². The van der Waals surface area contributed by atoms with Crippen molar-refractivity contribution in [2.75, 3.05) is 13.1 Å². The summed E-state index contributed by atoms with van der Waals surface area (Å²) in [5, 5.41) is 3.51. The molecule has 18 heavy (non-hydrogen) atoms. The van der Waals surface area contributed by atoms with Crippen LogP contribution < -0.4 is 5.32 Å². The molecule has 0 aromatic rings. The molecule has 2 fully saturated rings. The number of hydrogen-bond donors (Lipinski definition) is 1. The van der Waals surface area contributed by atoms with Crippen LogP contribution in [0.3, 0.4) is 0 Å². The summed E-state index contributed by atoms with van der Waals surface area (Å²) in [7, 11) is 0. The molecule has 2 rings (SSSR count). The van der Waals surface area contributed by atoms with Gasteiger partial charge in [0.25, 0.3) is 0 Å². The molecule has 1 saturated heterocycles. The van der Waals surface area contributed by atoms with Crippen molar-refractivity contribution in [1.82, 2.24) is 5.32 Å². The van der Waals surface area contributed by atoms with Gasteiger partial charge in [-0.25, -0.2) is 0 Å². The Morgan fingerprint density at radius 1 is 1.17 bits per heavy atom. The van der Waals surface area contributed by atoms with Crippen molar-refractivity contribution in [3.05, 3.63) is 11.6 Å². The minimum Gasteiger partial charge on any atom is -0.371 e. The molecule has 2 nitrogen and oxygen atoms in total. The lowest BCUT2D eigenvalue weighted by Gasteiger charge is -2.26. The summed E-state index contributed by atoms with van der Waals surface area (Å²) >= 11 is 0. The Labute approximate surface area is 112 Å². The Morgan fingerprint density at radius 2 is 1.94 bits per heavy atom. The van der Waals surface area contributed by atoms with Crippen LogP contribution in [-0.4, -0.2) is 25.3 Å². The number of nitrogens with one attached hydrogen (secondary N) is 1. The van der Waals surface area contributed by atoms with Crippen molar-refractivity contribution in [3.8, 4) is 0 Å². The minimum atomic E-state index is 0.385. The Kier molecular flexibility index (Phi) is 5.71. The van der Waals surface area contributed by atoms with Crippen molar-refractivity contribution in [2.45, 2.75) is 71.0 Å². The summed E-state index contributed by atoms with van der Waals surface area (Å²) in [6.45, 7) is 6.51. The number of hydrogen-bond acceptors (Lipinski definition) is 2. The maximum atomic E-state index is 5.96. The van der Waals surface area contributed by atoms with E-state index < -0.39 is 0 Å². The monoisotopic (exact) mass is 251 g/mol. The van der Waals surface area contributed by atoms with Crippen molar-refractivity contribution < 1.29 is 4.74 Å². The van der Waals surface area contributed by atoms with Crippen LogP contribution in [0.1, 0.15) is 58.8 Å². The predicted octanol–water partition coefficient (Wildman–Crippen LogP) is 3.67. The number of rotatable bonds is 5. The van der Waals surface area contributed by atoms with Crippen LogP contribution in [0.5, 0.6) is 0 Å². The fourth-order valence-corrected chi connectivity index (χ4v) is 3.28. The third-order valence-corrected chi connectivity index (χ3v) is 4.37. The summed E-state index contributed by atoms with van der Waals surface area (Å²) < 4.78 is 5.96. The second-order valence-electron chi connectivity index (χ2n) is 5.92. The molecule has 2 atom stereocenters. The van der Waals surface area contributed by atoms with E-state index in [0.717, 1.165) is 19.0 Å². The zero-order valence-electron chi connectivity index (χ0n) is 12.1. The average molecular weight is 251 g/mol. The molecule has 1 saturated carbocycles. The molecule has 0 radical (unpaired) electrons. The highest BCUT2D eigenvalue weighted by Gasteiger charge is 2.23. The highest BCUT2D eigenvalue weighted by Crippen LogP contribution is 2.31. The zero-order chi connectivity index (χ0) is 12.8. The maximum absolute atomic E-state index is 5.96. The molecule has 1 N–H and O–H groups in total. The fraction of sp³-hybridized carbons (Fsp3) is 0.875. The molecule has 104 valence electrons. The number of ether oxygens (including phenoxy) is 1. The normalized spacial score (nSPS) is 30.9. The molecule has 2 unspecified atom stereocenters. The van der Waals surface area contributed by atoms with E-state index in [1.165, 1.54) is 44.9 Å². The molecular formula is C16H29NO. The van der Waals surface area contributed by atoms with E-state index in [2.05, 4.69) is 25.2 Å². The van der Waals surface area contributed by atoms with Crippen molar-refractivity contribution >= 4 is 0 Å². The highest BCUT2D eigenvalue weighted by atomic mass is 16.5. The van der Waals surface area contributed by atoms with Crippen LogP contribution in [0, 0.1) is 5.92 Å². The summed E-state index contributed by atoms with van der Waals surface area (Å²) in [6.07, 6.45) is 12.8. The van der Waals surface area contributed by atoms with Crippen molar-refractivity contribution in [1.29, 1.82) is 0 Å². The second kappa shape index (κ2) is 7.30. The Morgan fingerprint density at radius 3 is 2.56 bits per heavy atom. The smallest absolute Gasteiger partial charge is 0.0763 e. The van der Waals surface area contributed by atoms with Gasteiger partial charge in [-0.1, -0.05) is 37.8 Å². The summed E-state index contributed by atoms with van der Waals surface area (Å²) in [5.41, 5.74) is 1.62. The lowest BCUT2D eigenvalue weighted by atomic mass is 9.83. The van der Waals surface area contributed by atoms with Crippen LogP contribution in [-0.2, 0) is 4.74 Å². The Hall–Kier alpha value is -0.340. The van der Waals surface area contributed by atoms with Gasteiger partial charge in [-0.3, -0.25) is 0 Å². The van der Waals surface area contributed by atoms with Gasteiger partial charge in [-0.2, -0.15) is 0 Å². The van der Waals surface area contributed by atoms with Gasteiger partial charge in [0.05, 0.1) is 12.2 Å². The lowest BCUT2D eigenvalue weighted by Crippen LogP contribution is -2.23. The van der Waals surface area contributed by atoms with Gasteiger partial charge in [0, 0.05) is 6.54 Å². The molecule has 0 spiro atoms.